The molecule has 1 aliphatic carbocycles. The lowest BCUT2D eigenvalue weighted by Crippen LogP contribution is -2.17. The molecular weight excluding hydrogens is 412 g/mol. The van der Waals surface area contributed by atoms with E-state index in [1.807, 2.05) is 65.5 Å². The van der Waals surface area contributed by atoms with Crippen LogP contribution in [0.3, 0.4) is 0 Å². The number of Topliss-reactive ketones (excluding diaryl/α,β-unsaturated/α-hetero) is 1. The Bertz CT molecular complexity index is 1460. The normalized spacial score (nSPS) is 15.6. The van der Waals surface area contributed by atoms with Crippen LogP contribution in [0.5, 0.6) is 5.75 Å². The number of ketones is 1. The number of benzene rings is 2. The summed E-state index contributed by atoms with van der Waals surface area (Å²) in [5.74, 6) is 1.30. The molecule has 0 fully saturated rings. The molecule has 0 radical (unpaired) electrons. The molecule has 1 N–H and O–H groups in total. The van der Waals surface area contributed by atoms with Crippen molar-refractivity contribution >= 4 is 27.6 Å². The van der Waals surface area contributed by atoms with Crippen molar-refractivity contribution in [2.75, 3.05) is 7.11 Å². The summed E-state index contributed by atoms with van der Waals surface area (Å²) >= 11 is 0. The number of carbonyl (C=O) groups is 1. The molecule has 0 bridgehead atoms. The average molecular weight is 437 g/mol. The van der Waals surface area contributed by atoms with E-state index in [-0.39, 0.29) is 5.78 Å². The van der Waals surface area contributed by atoms with E-state index >= 15 is 0 Å². The van der Waals surface area contributed by atoms with Gasteiger partial charge in [-0.3, -0.25) is 9.78 Å². The van der Waals surface area contributed by atoms with Crippen LogP contribution in [-0.2, 0) is 12.8 Å². The van der Waals surface area contributed by atoms with Gasteiger partial charge in [0, 0.05) is 35.1 Å². The SMILES string of the molecule is COc1ccc2nccc(-n3cc4c(n3)CCC(CC(=O)c3cc5ccccc5[nH]3)C4)c2c1. The number of rotatable bonds is 5. The van der Waals surface area contributed by atoms with E-state index in [2.05, 4.69) is 16.2 Å². The van der Waals surface area contributed by atoms with Crippen molar-refractivity contribution in [2.45, 2.75) is 25.7 Å². The minimum Gasteiger partial charge on any atom is -0.497 e. The van der Waals surface area contributed by atoms with Gasteiger partial charge in [0.2, 0.25) is 0 Å². The number of aryl methyl sites for hydroxylation is 1. The fourth-order valence-electron chi connectivity index (χ4n) is 4.91. The molecule has 1 unspecified atom stereocenters. The van der Waals surface area contributed by atoms with E-state index in [4.69, 9.17) is 9.84 Å². The molecule has 0 aliphatic heterocycles. The summed E-state index contributed by atoms with van der Waals surface area (Å²) in [6, 6.07) is 17.8. The number of H-pyrrole nitrogens is 1. The molecule has 6 heteroatoms. The number of nitrogens with one attached hydrogen (secondary N) is 1. The smallest absolute Gasteiger partial charge is 0.179 e. The van der Waals surface area contributed by atoms with E-state index in [0.29, 0.717) is 18.0 Å². The first-order valence-corrected chi connectivity index (χ1v) is 11.3. The van der Waals surface area contributed by atoms with Gasteiger partial charge in [-0.2, -0.15) is 5.10 Å². The van der Waals surface area contributed by atoms with E-state index in [0.717, 1.165) is 58.2 Å². The third-order valence-electron chi connectivity index (χ3n) is 6.65. The maximum atomic E-state index is 13.0. The average Bonchev–Trinajstić information content (AvgIpc) is 3.47. The van der Waals surface area contributed by atoms with Gasteiger partial charge >= 0.3 is 0 Å². The number of pyridine rings is 1. The van der Waals surface area contributed by atoms with Crippen molar-refractivity contribution in [1.82, 2.24) is 19.7 Å². The number of hydrogen-bond acceptors (Lipinski definition) is 4. The monoisotopic (exact) mass is 436 g/mol. The van der Waals surface area contributed by atoms with Crippen LogP contribution in [0.25, 0.3) is 27.5 Å². The zero-order valence-corrected chi connectivity index (χ0v) is 18.4. The second-order valence-electron chi connectivity index (χ2n) is 8.77. The maximum absolute atomic E-state index is 13.0. The molecule has 0 amide bonds. The Kier molecular flexibility index (Phi) is 4.72. The first-order chi connectivity index (χ1) is 16.2. The summed E-state index contributed by atoms with van der Waals surface area (Å²) in [6.45, 7) is 0. The standard InChI is InChI=1S/C27H24N4O2/c1-33-20-7-9-24-21(15-20)26(10-11-28-24)31-16-19-12-17(6-8-23(19)30-31)13-27(32)25-14-18-4-2-3-5-22(18)29-25/h2-5,7,9-11,14-17,29H,6,8,12-13H2,1H3. The van der Waals surface area contributed by atoms with Crippen LogP contribution in [0.1, 0.15) is 34.6 Å². The molecule has 6 rings (SSSR count). The van der Waals surface area contributed by atoms with Gasteiger partial charge in [0.25, 0.3) is 0 Å². The van der Waals surface area contributed by atoms with Crippen molar-refractivity contribution in [3.63, 3.8) is 0 Å². The van der Waals surface area contributed by atoms with Crippen LogP contribution in [0, 0.1) is 5.92 Å². The number of aromatic amines is 1. The topological polar surface area (TPSA) is 72.8 Å². The quantitative estimate of drug-likeness (QED) is 0.380. The Morgan fingerprint density at radius 2 is 2.09 bits per heavy atom. The van der Waals surface area contributed by atoms with Crippen LogP contribution >= 0.6 is 0 Å². The lowest BCUT2D eigenvalue weighted by atomic mass is 9.84. The molecule has 1 aliphatic rings. The van der Waals surface area contributed by atoms with Crippen molar-refractivity contribution in [2.24, 2.45) is 5.92 Å². The molecular formula is C27H24N4O2. The Balaban J connectivity index is 1.24. The highest BCUT2D eigenvalue weighted by Crippen LogP contribution is 2.31. The molecule has 33 heavy (non-hydrogen) atoms. The zero-order chi connectivity index (χ0) is 22.4. The Labute approximate surface area is 191 Å². The van der Waals surface area contributed by atoms with Crippen molar-refractivity contribution < 1.29 is 9.53 Å². The number of carbonyl (C=O) groups excluding carboxylic acids is 1. The number of aromatic nitrogens is 4. The van der Waals surface area contributed by atoms with E-state index in [1.54, 1.807) is 7.11 Å². The maximum Gasteiger partial charge on any atom is 0.179 e. The highest BCUT2D eigenvalue weighted by Gasteiger charge is 2.25. The molecule has 164 valence electrons. The van der Waals surface area contributed by atoms with Crippen molar-refractivity contribution in [1.29, 1.82) is 0 Å². The van der Waals surface area contributed by atoms with E-state index in [9.17, 15) is 4.79 Å². The van der Waals surface area contributed by atoms with Gasteiger partial charge in [0.05, 0.1) is 29.7 Å². The number of para-hydroxylation sites is 1. The first-order valence-electron chi connectivity index (χ1n) is 11.3. The largest absolute Gasteiger partial charge is 0.497 e. The van der Waals surface area contributed by atoms with Crippen LogP contribution < -0.4 is 4.74 Å². The van der Waals surface area contributed by atoms with Crippen LogP contribution in [-0.4, -0.2) is 32.6 Å². The van der Waals surface area contributed by atoms with Gasteiger partial charge in [-0.25, -0.2) is 4.68 Å². The number of ether oxygens (including phenoxy) is 1. The minimum atomic E-state index is 0.180. The lowest BCUT2D eigenvalue weighted by molar-refractivity contribution is 0.0953. The van der Waals surface area contributed by atoms with Crippen LogP contribution in [0.15, 0.2) is 67.0 Å². The number of nitrogens with zero attached hydrogens (tertiary/aromatic N) is 3. The summed E-state index contributed by atoms with van der Waals surface area (Å²) in [5.41, 5.74) is 5.95. The summed E-state index contributed by atoms with van der Waals surface area (Å²) in [6.07, 6.45) is 7.20. The molecule has 2 aromatic carbocycles. The number of fused-ring (bicyclic) bond motifs is 3. The van der Waals surface area contributed by atoms with E-state index < -0.39 is 0 Å². The fourth-order valence-corrected chi connectivity index (χ4v) is 4.91. The molecule has 6 nitrogen and oxygen atoms in total. The molecule has 5 aromatic rings. The summed E-state index contributed by atoms with van der Waals surface area (Å²) in [7, 11) is 1.67. The molecule has 3 heterocycles. The lowest BCUT2D eigenvalue weighted by Gasteiger charge is -2.20. The predicted octanol–water partition coefficient (Wildman–Crippen LogP) is 5.29. The molecule has 0 spiro atoms. The van der Waals surface area contributed by atoms with Crippen molar-refractivity contribution in [3.8, 4) is 11.4 Å². The summed E-state index contributed by atoms with van der Waals surface area (Å²) in [4.78, 5) is 20.7. The third-order valence-corrected chi connectivity index (χ3v) is 6.65. The van der Waals surface area contributed by atoms with Gasteiger partial charge in [-0.05, 0) is 67.1 Å². The molecule has 1 atom stereocenters. The summed E-state index contributed by atoms with van der Waals surface area (Å²) in [5, 5.41) is 6.96. The Morgan fingerprint density at radius 3 is 2.97 bits per heavy atom. The van der Waals surface area contributed by atoms with Gasteiger partial charge in [0.15, 0.2) is 5.78 Å². The second kappa shape index (κ2) is 7.89. The second-order valence-corrected chi connectivity index (χ2v) is 8.77. The predicted molar refractivity (Wildman–Crippen MR) is 128 cm³/mol. The van der Waals surface area contributed by atoms with Crippen LogP contribution in [0.2, 0.25) is 0 Å². The Hall–Kier alpha value is -3.93. The molecule has 0 saturated carbocycles. The fraction of sp³-hybridized carbons (Fsp3) is 0.222. The Morgan fingerprint density at radius 1 is 1.18 bits per heavy atom. The molecule has 3 aromatic heterocycles. The highest BCUT2D eigenvalue weighted by molar-refractivity contribution is 5.99. The zero-order valence-electron chi connectivity index (χ0n) is 18.4. The van der Waals surface area contributed by atoms with Crippen LogP contribution in [0.4, 0.5) is 0 Å². The van der Waals surface area contributed by atoms with Crippen molar-refractivity contribution in [3.05, 3.63) is 83.9 Å². The summed E-state index contributed by atoms with van der Waals surface area (Å²) < 4.78 is 7.36. The van der Waals surface area contributed by atoms with E-state index in [1.165, 1.54) is 5.56 Å². The number of hydrogen-bond donors (Lipinski definition) is 1. The highest BCUT2D eigenvalue weighted by atomic mass is 16.5. The van der Waals surface area contributed by atoms with Gasteiger partial charge in [0.1, 0.15) is 5.75 Å². The molecule has 0 saturated heterocycles. The van der Waals surface area contributed by atoms with Gasteiger partial charge in [-0.1, -0.05) is 18.2 Å². The van der Waals surface area contributed by atoms with Gasteiger partial charge in [-0.15, -0.1) is 0 Å². The minimum absolute atomic E-state index is 0.180. The van der Waals surface area contributed by atoms with Gasteiger partial charge < -0.3 is 9.72 Å². The first kappa shape index (κ1) is 19.7. The third kappa shape index (κ3) is 3.57. The number of methoxy groups -OCH3 is 1.